The third-order valence-electron chi connectivity index (χ3n) is 4.32. The molecule has 2 aromatic carbocycles. The largest absolute Gasteiger partial charge is 0.469 e. The Balaban J connectivity index is 2.14. The highest BCUT2D eigenvalue weighted by molar-refractivity contribution is 7.93. The van der Waals surface area contributed by atoms with Crippen LogP contribution in [0.25, 0.3) is 0 Å². The molecule has 0 saturated carbocycles. The maximum atomic E-state index is 13.1. The van der Waals surface area contributed by atoms with Gasteiger partial charge in [0.15, 0.2) is 15.1 Å². The van der Waals surface area contributed by atoms with Crippen molar-refractivity contribution in [3.63, 3.8) is 0 Å². The quantitative estimate of drug-likeness (QED) is 0.807. The molecule has 0 saturated heterocycles. The summed E-state index contributed by atoms with van der Waals surface area (Å²) >= 11 is 5.97. The minimum Gasteiger partial charge on any atom is -0.469 e. The standard InChI is InChI=1S/C18H16ClNO5S/c1-25-16(21)10-14-13-8-7-11(19)9-15(13)20-18(22)17(14)26(23,24)12-5-3-2-4-6-12/h2-9,14,17H,10H2,1H3,(H,20,22). The molecule has 2 atom stereocenters. The predicted molar refractivity (Wildman–Crippen MR) is 96.9 cm³/mol. The number of benzene rings is 2. The molecule has 8 heteroatoms. The Morgan fingerprint density at radius 1 is 1.19 bits per heavy atom. The van der Waals surface area contributed by atoms with Gasteiger partial charge in [0.25, 0.3) is 0 Å². The zero-order valence-corrected chi connectivity index (χ0v) is 15.4. The molecule has 2 unspecified atom stereocenters. The lowest BCUT2D eigenvalue weighted by molar-refractivity contribution is -0.141. The van der Waals surface area contributed by atoms with E-state index >= 15 is 0 Å². The van der Waals surface area contributed by atoms with Crippen molar-refractivity contribution in [2.45, 2.75) is 22.5 Å². The van der Waals surface area contributed by atoms with Crippen LogP contribution in [0.1, 0.15) is 17.9 Å². The number of hydrogen-bond acceptors (Lipinski definition) is 5. The number of carbonyl (C=O) groups excluding carboxylic acids is 2. The number of anilines is 1. The molecular weight excluding hydrogens is 378 g/mol. The summed E-state index contributed by atoms with van der Waals surface area (Å²) in [7, 11) is -2.80. The number of rotatable bonds is 4. The van der Waals surface area contributed by atoms with E-state index in [0.29, 0.717) is 16.3 Å². The number of halogens is 1. The average Bonchev–Trinajstić information content (AvgIpc) is 2.61. The number of sulfone groups is 1. The maximum absolute atomic E-state index is 13.1. The highest BCUT2D eigenvalue weighted by Crippen LogP contribution is 2.40. The lowest BCUT2D eigenvalue weighted by Gasteiger charge is -2.32. The highest BCUT2D eigenvalue weighted by atomic mass is 35.5. The van der Waals surface area contributed by atoms with Gasteiger partial charge in [0.05, 0.1) is 18.4 Å². The normalized spacial score (nSPS) is 19.4. The summed E-state index contributed by atoms with van der Waals surface area (Å²) in [5, 5.41) is 1.54. The zero-order valence-electron chi connectivity index (χ0n) is 13.8. The van der Waals surface area contributed by atoms with E-state index in [1.807, 2.05) is 0 Å². The fourth-order valence-electron chi connectivity index (χ4n) is 3.10. The van der Waals surface area contributed by atoms with Gasteiger partial charge in [0, 0.05) is 16.6 Å². The molecular formula is C18H16ClNO5S. The first-order valence-electron chi connectivity index (χ1n) is 7.80. The molecule has 1 amide bonds. The van der Waals surface area contributed by atoms with E-state index in [2.05, 4.69) is 5.32 Å². The minimum absolute atomic E-state index is 0.0208. The van der Waals surface area contributed by atoms with Gasteiger partial charge in [-0.2, -0.15) is 0 Å². The first-order chi connectivity index (χ1) is 12.3. The van der Waals surface area contributed by atoms with Crippen molar-refractivity contribution < 1.29 is 22.7 Å². The second kappa shape index (κ2) is 7.09. The van der Waals surface area contributed by atoms with Gasteiger partial charge < -0.3 is 10.1 Å². The van der Waals surface area contributed by atoms with Crippen LogP contribution in [0.2, 0.25) is 5.02 Å². The van der Waals surface area contributed by atoms with Crippen molar-refractivity contribution in [2.75, 3.05) is 12.4 Å². The SMILES string of the molecule is COC(=O)CC1c2ccc(Cl)cc2NC(=O)C1S(=O)(=O)c1ccccc1. The Kier molecular flexibility index (Phi) is 5.02. The molecule has 0 bridgehead atoms. The summed E-state index contributed by atoms with van der Waals surface area (Å²) in [5.74, 6) is -2.18. The lowest BCUT2D eigenvalue weighted by Crippen LogP contribution is -2.44. The van der Waals surface area contributed by atoms with Crippen molar-refractivity contribution in [3.8, 4) is 0 Å². The molecule has 1 aliphatic rings. The van der Waals surface area contributed by atoms with E-state index in [9.17, 15) is 18.0 Å². The third-order valence-corrected chi connectivity index (χ3v) is 6.69. The Labute approximate surface area is 156 Å². The summed E-state index contributed by atoms with van der Waals surface area (Å²) in [6.07, 6.45) is -0.241. The van der Waals surface area contributed by atoms with Crippen LogP contribution in [0.15, 0.2) is 53.4 Å². The van der Waals surface area contributed by atoms with Crippen molar-refractivity contribution in [1.82, 2.24) is 0 Å². The molecule has 26 heavy (non-hydrogen) atoms. The van der Waals surface area contributed by atoms with Crippen molar-refractivity contribution in [2.24, 2.45) is 0 Å². The van der Waals surface area contributed by atoms with Crippen LogP contribution in [0.4, 0.5) is 5.69 Å². The van der Waals surface area contributed by atoms with Crippen LogP contribution in [-0.4, -0.2) is 32.7 Å². The number of ether oxygens (including phenoxy) is 1. The maximum Gasteiger partial charge on any atom is 0.306 e. The van der Waals surface area contributed by atoms with Crippen LogP contribution >= 0.6 is 11.6 Å². The lowest BCUT2D eigenvalue weighted by atomic mass is 9.87. The fraction of sp³-hybridized carbons (Fsp3) is 0.222. The van der Waals surface area contributed by atoms with Gasteiger partial charge in [0.2, 0.25) is 5.91 Å². The summed E-state index contributed by atoms with van der Waals surface area (Å²) in [4.78, 5) is 24.6. The van der Waals surface area contributed by atoms with E-state index < -0.39 is 32.9 Å². The Morgan fingerprint density at radius 2 is 1.88 bits per heavy atom. The van der Waals surface area contributed by atoms with E-state index in [-0.39, 0.29) is 11.3 Å². The summed E-state index contributed by atoms with van der Waals surface area (Å²) in [6.45, 7) is 0. The molecule has 0 aromatic heterocycles. The van der Waals surface area contributed by atoms with Crippen LogP contribution in [0.3, 0.4) is 0 Å². The van der Waals surface area contributed by atoms with Gasteiger partial charge in [0.1, 0.15) is 0 Å². The van der Waals surface area contributed by atoms with Gasteiger partial charge in [-0.25, -0.2) is 8.42 Å². The van der Waals surface area contributed by atoms with Crippen molar-refractivity contribution >= 4 is 39.0 Å². The summed E-state index contributed by atoms with van der Waals surface area (Å²) < 4.78 is 30.9. The molecule has 0 radical (unpaired) electrons. The number of carbonyl (C=O) groups is 2. The molecule has 0 aliphatic carbocycles. The van der Waals surface area contributed by atoms with Gasteiger partial charge in [-0.3, -0.25) is 9.59 Å². The average molecular weight is 394 g/mol. The molecule has 6 nitrogen and oxygen atoms in total. The van der Waals surface area contributed by atoms with Crippen LogP contribution in [0.5, 0.6) is 0 Å². The van der Waals surface area contributed by atoms with Gasteiger partial charge >= 0.3 is 5.97 Å². The van der Waals surface area contributed by atoms with Gasteiger partial charge in [-0.05, 0) is 29.8 Å². The van der Waals surface area contributed by atoms with E-state index in [1.165, 1.54) is 25.3 Å². The Bertz CT molecular complexity index is 959. The smallest absolute Gasteiger partial charge is 0.306 e. The first kappa shape index (κ1) is 18.4. The molecule has 1 heterocycles. The van der Waals surface area contributed by atoms with Gasteiger partial charge in [-0.15, -0.1) is 0 Å². The van der Waals surface area contributed by atoms with Crippen molar-refractivity contribution in [3.05, 3.63) is 59.1 Å². The monoisotopic (exact) mass is 393 g/mol. The van der Waals surface area contributed by atoms with Crippen molar-refractivity contribution in [1.29, 1.82) is 0 Å². The number of methoxy groups -OCH3 is 1. The zero-order chi connectivity index (χ0) is 18.9. The Hall–Kier alpha value is -2.38. The van der Waals surface area contributed by atoms with E-state index in [1.54, 1.807) is 30.3 Å². The van der Waals surface area contributed by atoms with E-state index in [4.69, 9.17) is 16.3 Å². The minimum atomic E-state index is -4.02. The first-order valence-corrected chi connectivity index (χ1v) is 9.73. The third kappa shape index (κ3) is 3.32. The second-order valence-electron chi connectivity index (χ2n) is 5.89. The number of nitrogens with one attached hydrogen (secondary N) is 1. The molecule has 136 valence electrons. The molecule has 1 aliphatic heterocycles. The highest BCUT2D eigenvalue weighted by Gasteiger charge is 2.46. The number of amides is 1. The number of fused-ring (bicyclic) bond motifs is 1. The predicted octanol–water partition coefficient (Wildman–Crippen LogP) is 2.78. The topological polar surface area (TPSA) is 89.5 Å². The summed E-state index contributed by atoms with van der Waals surface area (Å²) in [6, 6.07) is 12.4. The molecule has 0 spiro atoms. The molecule has 0 fully saturated rings. The second-order valence-corrected chi connectivity index (χ2v) is 8.39. The number of esters is 1. The Morgan fingerprint density at radius 3 is 2.54 bits per heavy atom. The molecule has 3 rings (SSSR count). The van der Waals surface area contributed by atoms with Crippen LogP contribution in [-0.2, 0) is 24.2 Å². The fourth-order valence-corrected chi connectivity index (χ4v) is 5.12. The van der Waals surface area contributed by atoms with Crippen LogP contribution < -0.4 is 5.32 Å². The van der Waals surface area contributed by atoms with Crippen LogP contribution in [0, 0.1) is 0 Å². The molecule has 2 aromatic rings. The summed E-state index contributed by atoms with van der Waals surface area (Å²) in [5.41, 5.74) is 0.930. The van der Waals surface area contributed by atoms with Gasteiger partial charge in [-0.1, -0.05) is 35.9 Å². The van der Waals surface area contributed by atoms with E-state index in [0.717, 1.165) is 0 Å². The number of hydrogen-bond donors (Lipinski definition) is 1. The molecule has 1 N–H and O–H groups in total.